The number of carbonyl (C=O) groups is 5. The van der Waals surface area contributed by atoms with Gasteiger partial charge in [0.25, 0.3) is 0 Å². The molecule has 0 saturated heterocycles. The molecule has 0 bridgehead atoms. The van der Waals surface area contributed by atoms with Crippen molar-refractivity contribution in [1.29, 1.82) is 0 Å². The maximum atomic E-state index is 12.6. The highest BCUT2D eigenvalue weighted by atomic mass is 16.4. The van der Waals surface area contributed by atoms with E-state index in [-0.39, 0.29) is 25.2 Å². The molecule has 4 atom stereocenters. The molecule has 1 aromatic heterocycles. The van der Waals surface area contributed by atoms with Crippen molar-refractivity contribution in [2.45, 2.75) is 57.7 Å². The molecule has 0 aliphatic heterocycles. The van der Waals surface area contributed by atoms with Gasteiger partial charge in [-0.3, -0.25) is 19.2 Å². The standard InChI is InChI=1S/C19H30N6O7/c1-3-10(2)16(19(31)32)25-14(26)8-22-18(30)13(6-11-7-21-9-23-11)24-17(29)12(20)4-5-15(27)28/h7,9-10,12-13,16H,3-6,8,20H2,1-2H3,(H,21,23)(H,22,30)(H,24,29)(H,25,26)(H,27,28)(H,31,32). The molecule has 4 unspecified atom stereocenters. The van der Waals surface area contributed by atoms with E-state index in [0.717, 1.165) is 0 Å². The average Bonchev–Trinajstić information content (AvgIpc) is 3.25. The number of nitrogens with zero attached hydrogens (tertiary/aromatic N) is 1. The zero-order valence-corrected chi connectivity index (χ0v) is 18.0. The first-order chi connectivity index (χ1) is 15.0. The van der Waals surface area contributed by atoms with Crippen molar-refractivity contribution in [3.8, 4) is 0 Å². The molecule has 0 spiro atoms. The summed E-state index contributed by atoms with van der Waals surface area (Å²) >= 11 is 0. The van der Waals surface area contributed by atoms with Gasteiger partial charge in [0.05, 0.1) is 18.9 Å². The van der Waals surface area contributed by atoms with E-state index >= 15 is 0 Å². The van der Waals surface area contributed by atoms with Crippen LogP contribution in [0, 0.1) is 5.92 Å². The Morgan fingerprint density at radius 3 is 2.38 bits per heavy atom. The van der Waals surface area contributed by atoms with E-state index in [1.54, 1.807) is 13.8 Å². The Morgan fingerprint density at radius 2 is 1.84 bits per heavy atom. The van der Waals surface area contributed by atoms with Crippen molar-refractivity contribution in [3.63, 3.8) is 0 Å². The van der Waals surface area contributed by atoms with E-state index in [2.05, 4.69) is 25.9 Å². The zero-order chi connectivity index (χ0) is 24.3. The van der Waals surface area contributed by atoms with Gasteiger partial charge in [-0.2, -0.15) is 0 Å². The molecule has 3 amide bonds. The number of hydrogen-bond acceptors (Lipinski definition) is 7. The number of aromatic amines is 1. The fourth-order valence-corrected chi connectivity index (χ4v) is 2.71. The predicted octanol–water partition coefficient (Wildman–Crippen LogP) is -1.64. The highest BCUT2D eigenvalue weighted by molar-refractivity contribution is 5.92. The van der Waals surface area contributed by atoms with Gasteiger partial charge in [-0.15, -0.1) is 0 Å². The molecule has 1 aromatic rings. The Hall–Kier alpha value is -3.48. The van der Waals surface area contributed by atoms with Gasteiger partial charge in [-0.25, -0.2) is 9.78 Å². The molecule has 0 aromatic carbocycles. The van der Waals surface area contributed by atoms with Crippen molar-refractivity contribution in [2.75, 3.05) is 6.54 Å². The average molecular weight is 454 g/mol. The maximum Gasteiger partial charge on any atom is 0.326 e. The second-order valence-electron chi connectivity index (χ2n) is 7.37. The van der Waals surface area contributed by atoms with Crippen LogP contribution in [0.4, 0.5) is 0 Å². The van der Waals surface area contributed by atoms with Crippen LogP contribution in [0.1, 0.15) is 38.8 Å². The number of aromatic nitrogens is 2. The van der Waals surface area contributed by atoms with Crippen molar-refractivity contribution in [2.24, 2.45) is 11.7 Å². The highest BCUT2D eigenvalue weighted by Gasteiger charge is 2.27. The molecular weight excluding hydrogens is 424 g/mol. The molecule has 0 aliphatic carbocycles. The lowest BCUT2D eigenvalue weighted by Crippen LogP contribution is -2.54. The Balaban J connectivity index is 2.74. The van der Waals surface area contributed by atoms with Gasteiger partial charge in [0.2, 0.25) is 17.7 Å². The summed E-state index contributed by atoms with van der Waals surface area (Å²) in [5.41, 5.74) is 6.21. The Bertz CT molecular complexity index is 798. The van der Waals surface area contributed by atoms with Crippen molar-refractivity contribution >= 4 is 29.7 Å². The molecule has 13 nitrogen and oxygen atoms in total. The molecule has 1 heterocycles. The van der Waals surface area contributed by atoms with E-state index in [4.69, 9.17) is 10.8 Å². The van der Waals surface area contributed by atoms with Gasteiger partial charge >= 0.3 is 11.9 Å². The van der Waals surface area contributed by atoms with Crippen LogP contribution in [0.2, 0.25) is 0 Å². The summed E-state index contributed by atoms with van der Waals surface area (Å²) in [6, 6.07) is -3.37. The van der Waals surface area contributed by atoms with E-state index in [1.165, 1.54) is 12.5 Å². The largest absolute Gasteiger partial charge is 0.481 e. The molecule has 0 aliphatic rings. The summed E-state index contributed by atoms with van der Waals surface area (Å²) in [5.74, 6) is -4.73. The number of imidazole rings is 1. The van der Waals surface area contributed by atoms with Gasteiger partial charge in [0.1, 0.15) is 12.1 Å². The molecular formula is C19H30N6O7. The number of rotatable bonds is 14. The van der Waals surface area contributed by atoms with Crippen LogP contribution in [0.5, 0.6) is 0 Å². The summed E-state index contributed by atoms with van der Waals surface area (Å²) in [7, 11) is 0. The van der Waals surface area contributed by atoms with Gasteiger partial charge in [0, 0.05) is 24.7 Å². The monoisotopic (exact) mass is 454 g/mol. The third-order valence-electron chi connectivity index (χ3n) is 4.84. The third-order valence-corrected chi connectivity index (χ3v) is 4.84. The summed E-state index contributed by atoms with van der Waals surface area (Å²) in [6.45, 7) is 2.97. The van der Waals surface area contributed by atoms with E-state index in [9.17, 15) is 29.1 Å². The first-order valence-corrected chi connectivity index (χ1v) is 10.1. The SMILES string of the molecule is CCC(C)C(NC(=O)CNC(=O)C(Cc1cnc[nH]1)NC(=O)C(N)CCC(=O)O)C(=O)O. The lowest BCUT2D eigenvalue weighted by molar-refractivity contribution is -0.143. The van der Waals surface area contributed by atoms with Gasteiger partial charge in [-0.1, -0.05) is 20.3 Å². The van der Waals surface area contributed by atoms with Gasteiger partial charge in [-0.05, 0) is 12.3 Å². The van der Waals surface area contributed by atoms with Crippen LogP contribution in [0.15, 0.2) is 12.5 Å². The number of H-pyrrole nitrogens is 1. The summed E-state index contributed by atoms with van der Waals surface area (Å²) in [4.78, 5) is 65.7. The normalized spacial score (nSPS) is 14.5. The van der Waals surface area contributed by atoms with Crippen LogP contribution < -0.4 is 21.7 Å². The third kappa shape index (κ3) is 9.12. The van der Waals surface area contributed by atoms with E-state index in [1.807, 2.05) is 0 Å². The predicted molar refractivity (Wildman–Crippen MR) is 111 cm³/mol. The number of carbonyl (C=O) groups excluding carboxylic acids is 3. The summed E-state index contributed by atoms with van der Waals surface area (Å²) in [5, 5.41) is 25.1. The fraction of sp³-hybridized carbons (Fsp3) is 0.579. The number of carboxylic acids is 2. The number of aliphatic carboxylic acids is 2. The Labute approximate surface area is 184 Å². The maximum absolute atomic E-state index is 12.6. The van der Waals surface area contributed by atoms with Crippen LogP contribution >= 0.6 is 0 Å². The van der Waals surface area contributed by atoms with Crippen LogP contribution in [-0.2, 0) is 30.4 Å². The molecule has 8 N–H and O–H groups in total. The second-order valence-corrected chi connectivity index (χ2v) is 7.37. The lowest BCUT2D eigenvalue weighted by atomic mass is 9.99. The van der Waals surface area contributed by atoms with Crippen molar-refractivity contribution in [3.05, 3.63) is 18.2 Å². The minimum atomic E-state index is -1.18. The zero-order valence-electron chi connectivity index (χ0n) is 18.0. The van der Waals surface area contributed by atoms with Crippen LogP contribution in [-0.4, -0.2) is 74.5 Å². The Morgan fingerprint density at radius 1 is 1.16 bits per heavy atom. The molecule has 32 heavy (non-hydrogen) atoms. The fourth-order valence-electron chi connectivity index (χ4n) is 2.71. The topological polar surface area (TPSA) is 217 Å². The number of hydrogen-bond donors (Lipinski definition) is 7. The quantitative estimate of drug-likeness (QED) is 0.171. The number of nitrogens with two attached hydrogens (primary N) is 1. The number of nitrogens with one attached hydrogen (secondary N) is 4. The molecule has 0 radical (unpaired) electrons. The minimum absolute atomic E-state index is 0.00939. The van der Waals surface area contributed by atoms with Crippen LogP contribution in [0.25, 0.3) is 0 Å². The molecule has 13 heteroatoms. The van der Waals surface area contributed by atoms with Crippen molar-refractivity contribution in [1.82, 2.24) is 25.9 Å². The van der Waals surface area contributed by atoms with E-state index < -0.39 is 54.3 Å². The molecule has 0 fully saturated rings. The van der Waals surface area contributed by atoms with Gasteiger partial charge in [0.15, 0.2) is 0 Å². The molecule has 1 rings (SSSR count). The van der Waals surface area contributed by atoms with Gasteiger partial charge < -0.3 is 36.9 Å². The summed E-state index contributed by atoms with van der Waals surface area (Å²) < 4.78 is 0. The minimum Gasteiger partial charge on any atom is -0.481 e. The second kappa shape index (κ2) is 13.0. The van der Waals surface area contributed by atoms with E-state index in [0.29, 0.717) is 12.1 Å². The first-order valence-electron chi connectivity index (χ1n) is 10.1. The molecule has 0 saturated carbocycles. The first kappa shape index (κ1) is 26.6. The highest BCUT2D eigenvalue weighted by Crippen LogP contribution is 2.07. The van der Waals surface area contributed by atoms with Crippen LogP contribution in [0.3, 0.4) is 0 Å². The number of amides is 3. The Kier molecular flexibility index (Phi) is 10.8. The number of carboxylic acid groups (broad SMARTS) is 2. The smallest absolute Gasteiger partial charge is 0.326 e. The summed E-state index contributed by atoms with van der Waals surface area (Å²) in [6.07, 6.45) is 2.95. The lowest BCUT2D eigenvalue weighted by Gasteiger charge is -2.22. The van der Waals surface area contributed by atoms with Crippen molar-refractivity contribution < 1.29 is 34.2 Å². The molecule has 178 valence electrons.